The minimum absolute atomic E-state index is 0.0905. The summed E-state index contributed by atoms with van der Waals surface area (Å²) < 4.78 is 11.0. The maximum Gasteiger partial charge on any atom is 0.325 e. The Hall–Kier alpha value is -4.24. The molecule has 4 rings (SSSR count). The number of benzene rings is 2. The average Bonchev–Trinajstić information content (AvgIpc) is 3.19. The molecule has 1 atom stereocenters. The van der Waals surface area contributed by atoms with Crippen molar-refractivity contribution < 1.29 is 19.1 Å². The lowest BCUT2D eigenvalue weighted by Crippen LogP contribution is -2.43. The molecule has 2 aliphatic heterocycles. The van der Waals surface area contributed by atoms with Crippen LogP contribution >= 0.6 is 0 Å². The van der Waals surface area contributed by atoms with E-state index in [2.05, 4.69) is 36.6 Å². The Balaban J connectivity index is 0.000000302. The quantitative estimate of drug-likeness (QED) is 0.172. The number of hydrogen-bond donors (Lipinski definition) is 0. The predicted molar refractivity (Wildman–Crippen MR) is 175 cm³/mol. The third-order valence-electron chi connectivity index (χ3n) is 7.24. The third-order valence-corrected chi connectivity index (χ3v) is 7.24. The first-order chi connectivity index (χ1) is 20.6. The maximum atomic E-state index is 13.1. The normalized spacial score (nSPS) is 19.0. The Kier molecular flexibility index (Phi) is 13.8. The van der Waals surface area contributed by atoms with E-state index < -0.39 is 0 Å². The number of methoxy groups -OCH3 is 2. The fourth-order valence-corrected chi connectivity index (χ4v) is 5.09. The van der Waals surface area contributed by atoms with Gasteiger partial charge in [-0.15, -0.1) is 0 Å². The number of rotatable bonds is 7. The van der Waals surface area contributed by atoms with E-state index in [0.717, 1.165) is 47.6 Å². The van der Waals surface area contributed by atoms with Crippen molar-refractivity contribution in [1.29, 1.82) is 0 Å². The second-order valence-corrected chi connectivity index (χ2v) is 10.6. The number of aldehydes is 1. The van der Waals surface area contributed by atoms with Gasteiger partial charge < -0.3 is 19.3 Å². The van der Waals surface area contributed by atoms with E-state index >= 15 is 0 Å². The number of likely N-dealkylation sites (N-methyl/N-ethyl adjacent to an activating group) is 1. The van der Waals surface area contributed by atoms with Gasteiger partial charge in [-0.3, -0.25) is 9.69 Å². The van der Waals surface area contributed by atoms with Crippen molar-refractivity contribution in [2.24, 2.45) is 9.98 Å². The molecule has 2 heterocycles. The summed E-state index contributed by atoms with van der Waals surface area (Å²) in [7, 11) is 9.34. The number of fused-ring (bicyclic) bond motifs is 2. The van der Waals surface area contributed by atoms with Gasteiger partial charge in [0.05, 0.1) is 26.3 Å². The molecule has 0 spiro atoms. The first-order valence-electron chi connectivity index (χ1n) is 14.5. The van der Waals surface area contributed by atoms with Crippen molar-refractivity contribution in [3.63, 3.8) is 0 Å². The lowest BCUT2D eigenvalue weighted by atomic mass is 9.90. The highest BCUT2D eigenvalue weighted by Crippen LogP contribution is 2.42. The summed E-state index contributed by atoms with van der Waals surface area (Å²) in [4.78, 5) is 36.7. The van der Waals surface area contributed by atoms with E-state index in [1.165, 1.54) is 17.8 Å². The summed E-state index contributed by atoms with van der Waals surface area (Å²) in [6.45, 7) is 11.1. The van der Waals surface area contributed by atoms with Crippen LogP contribution in [0.2, 0.25) is 0 Å². The third kappa shape index (κ3) is 8.88. The highest BCUT2D eigenvalue weighted by atomic mass is 16.5. The second-order valence-electron chi connectivity index (χ2n) is 10.6. The Morgan fingerprint density at radius 3 is 2.33 bits per heavy atom. The Morgan fingerprint density at radius 1 is 1.12 bits per heavy atom. The number of urea groups is 1. The van der Waals surface area contributed by atoms with Gasteiger partial charge >= 0.3 is 6.03 Å². The number of carbonyl (C=O) groups excluding carboxylic acids is 2. The van der Waals surface area contributed by atoms with Crippen LogP contribution in [0.25, 0.3) is 0 Å². The first kappa shape index (κ1) is 35.0. The number of amidine groups is 1. The summed E-state index contributed by atoms with van der Waals surface area (Å²) in [5.74, 6) is 2.10. The van der Waals surface area contributed by atoms with Crippen LogP contribution < -0.4 is 9.47 Å². The SMILES string of the molecule is C=NC(=N/C=C/C=O)c1ccccc1.CCN1C(=O)N2Cc3cc(OC)cc(OC)c3CC/C=C\2C1(C)CC.CN(C)C. The number of amides is 2. The summed E-state index contributed by atoms with van der Waals surface area (Å²) >= 11 is 0. The molecule has 2 aromatic rings. The molecule has 232 valence electrons. The van der Waals surface area contributed by atoms with Crippen molar-refractivity contribution in [2.45, 2.75) is 52.1 Å². The summed E-state index contributed by atoms with van der Waals surface area (Å²) in [6.07, 6.45) is 8.29. The van der Waals surface area contributed by atoms with Crippen molar-refractivity contribution >= 4 is 24.9 Å². The molecular formula is C34H47N5O4. The van der Waals surface area contributed by atoms with Crippen LogP contribution in [0.4, 0.5) is 4.79 Å². The van der Waals surface area contributed by atoms with Gasteiger partial charge in [-0.05, 0) is 84.2 Å². The van der Waals surface area contributed by atoms with E-state index in [1.807, 2.05) is 85.2 Å². The summed E-state index contributed by atoms with van der Waals surface area (Å²) in [5.41, 5.74) is 4.05. The molecule has 0 bridgehead atoms. The van der Waals surface area contributed by atoms with Crippen molar-refractivity contribution in [3.8, 4) is 11.5 Å². The monoisotopic (exact) mass is 589 g/mol. The van der Waals surface area contributed by atoms with Crippen LogP contribution in [0.1, 0.15) is 50.3 Å². The lowest BCUT2D eigenvalue weighted by Gasteiger charge is -2.33. The number of ether oxygens (including phenoxy) is 2. The molecule has 0 aromatic heterocycles. The molecule has 0 N–H and O–H groups in total. The standard InChI is InChI=1S/C20H28N2O3.C11H10N2O.C3H9N/c1-6-20(3)18-10-8-9-16-14(11-15(24-4)12-17(16)25-5)13-21(18)19(23)22(20)7-2;1-12-11(13-8-5-9-14)10-6-3-2-4-7-10;1-4(2)3/h10-12H,6-9,13H2,1-5H3;2-9H,1H2;1-3H3/b18-10-;8-5+,13-11?;. The topological polar surface area (TPSA) is 87.0 Å². The van der Waals surface area contributed by atoms with Gasteiger partial charge in [0.2, 0.25) is 0 Å². The molecule has 2 aromatic carbocycles. The molecule has 9 heteroatoms. The molecule has 1 fully saturated rings. The molecular weight excluding hydrogens is 542 g/mol. The summed E-state index contributed by atoms with van der Waals surface area (Å²) in [6, 6.07) is 13.5. The van der Waals surface area contributed by atoms with Crippen LogP contribution in [0.5, 0.6) is 11.5 Å². The van der Waals surface area contributed by atoms with Gasteiger partial charge in [0.15, 0.2) is 5.84 Å². The highest BCUT2D eigenvalue weighted by molar-refractivity contribution is 6.01. The molecule has 1 unspecified atom stereocenters. The zero-order valence-electron chi connectivity index (χ0n) is 27.0. The minimum atomic E-state index is -0.230. The molecule has 43 heavy (non-hydrogen) atoms. The molecule has 9 nitrogen and oxygen atoms in total. The molecule has 0 saturated carbocycles. The molecule has 2 aliphatic rings. The minimum Gasteiger partial charge on any atom is -0.497 e. The molecule has 2 amide bonds. The van der Waals surface area contributed by atoms with Gasteiger partial charge in [0.1, 0.15) is 17.8 Å². The van der Waals surface area contributed by atoms with Crippen molar-refractivity contribution in [2.75, 3.05) is 41.9 Å². The van der Waals surface area contributed by atoms with Crippen LogP contribution in [0, 0.1) is 0 Å². The zero-order chi connectivity index (χ0) is 32.0. The fraction of sp³-hybridized carbons (Fsp3) is 0.412. The Labute approximate surface area is 257 Å². The van der Waals surface area contributed by atoms with Gasteiger partial charge in [0.25, 0.3) is 0 Å². The highest BCUT2D eigenvalue weighted by Gasteiger charge is 2.49. The van der Waals surface area contributed by atoms with Gasteiger partial charge in [0, 0.05) is 30.1 Å². The van der Waals surface area contributed by atoms with Crippen LogP contribution in [-0.4, -0.2) is 87.0 Å². The van der Waals surface area contributed by atoms with Crippen LogP contribution in [0.3, 0.4) is 0 Å². The van der Waals surface area contributed by atoms with Crippen molar-refractivity contribution in [1.82, 2.24) is 14.7 Å². The molecule has 0 aliphatic carbocycles. The first-order valence-corrected chi connectivity index (χ1v) is 14.5. The van der Waals surface area contributed by atoms with Gasteiger partial charge in [-0.25, -0.2) is 14.8 Å². The zero-order valence-corrected chi connectivity index (χ0v) is 27.0. The van der Waals surface area contributed by atoms with Crippen LogP contribution in [-0.2, 0) is 17.8 Å². The molecule has 0 radical (unpaired) electrons. The number of hydrogen-bond acceptors (Lipinski definition) is 6. The molecule has 1 saturated heterocycles. The Morgan fingerprint density at radius 2 is 1.79 bits per heavy atom. The van der Waals surface area contributed by atoms with E-state index in [-0.39, 0.29) is 11.6 Å². The number of allylic oxidation sites excluding steroid dienone is 2. The second kappa shape index (κ2) is 17.0. The predicted octanol–water partition coefficient (Wildman–Crippen LogP) is 5.98. The average molecular weight is 590 g/mol. The van der Waals surface area contributed by atoms with Gasteiger partial charge in [-0.1, -0.05) is 43.3 Å². The smallest absolute Gasteiger partial charge is 0.325 e. The lowest BCUT2D eigenvalue weighted by molar-refractivity contribution is -0.104. The summed E-state index contributed by atoms with van der Waals surface area (Å²) in [5, 5.41) is 0. The van der Waals surface area contributed by atoms with E-state index in [9.17, 15) is 9.59 Å². The van der Waals surface area contributed by atoms with E-state index in [4.69, 9.17) is 9.47 Å². The van der Waals surface area contributed by atoms with Gasteiger partial charge in [-0.2, -0.15) is 0 Å². The largest absolute Gasteiger partial charge is 0.497 e. The Bertz CT molecular complexity index is 1320. The number of nitrogens with zero attached hydrogens (tertiary/aromatic N) is 5. The maximum absolute atomic E-state index is 13.1. The fourth-order valence-electron chi connectivity index (χ4n) is 5.09. The van der Waals surface area contributed by atoms with Crippen LogP contribution in [0.15, 0.2) is 76.5 Å². The van der Waals surface area contributed by atoms with E-state index in [1.54, 1.807) is 14.2 Å². The number of carbonyl (C=O) groups is 2. The number of aliphatic imine (C=N–C) groups is 2. The van der Waals surface area contributed by atoms with Crippen molar-refractivity contribution in [3.05, 3.63) is 83.2 Å². The van der Waals surface area contributed by atoms with E-state index in [0.29, 0.717) is 25.2 Å².